The standard InChI is InChI=1S/C67H117N2O7P/c1-7-10-13-16-19-22-25-28-30-32-33-34-35-36-37-38-40-42-45-48-51-54-57-60-67(71)76-65(58-55-52-49-46-43-27-24-21-18-15-12-9-3)64(63-75-77(72,73)74-62-61-69(4,5)6)68-66(70)59-56-53-50-47-44-41-39-31-29-26-23-20-17-14-11-8-2/h11,14,19-20,22-23,28-31,33-34,41,44,50,53,55,58,64-65H,7-10,12-13,15-18,21,24-27,32,35-40,42-43,45-49,51-52,54,56-57,59-63H2,1-6H3,(H-,68,70,72,73)/b14-11+,22-19-,23-20+,30-28-,31-29+,34-33-,44-41+,53-50+,58-55-. The Kier molecular flexibility index (Phi) is 53.5. The van der Waals surface area contributed by atoms with Gasteiger partial charge in [-0.3, -0.25) is 14.2 Å². The molecule has 0 spiro atoms. The minimum absolute atomic E-state index is 0.0412. The van der Waals surface area contributed by atoms with Crippen LogP contribution in [0.2, 0.25) is 0 Å². The quantitative estimate of drug-likeness (QED) is 0.0212. The minimum atomic E-state index is -4.72. The maximum absolute atomic E-state index is 13.5. The molecule has 0 aliphatic heterocycles. The van der Waals surface area contributed by atoms with E-state index in [4.69, 9.17) is 13.8 Å². The lowest BCUT2D eigenvalue weighted by Crippen LogP contribution is -2.47. The normalized spacial score (nSPS) is 14.4. The van der Waals surface area contributed by atoms with E-state index in [1.165, 1.54) is 116 Å². The van der Waals surface area contributed by atoms with E-state index in [0.717, 1.165) is 89.9 Å². The zero-order valence-corrected chi connectivity index (χ0v) is 51.3. The summed E-state index contributed by atoms with van der Waals surface area (Å²) in [7, 11) is 1.13. The number of carbonyl (C=O) groups is 2. The summed E-state index contributed by atoms with van der Waals surface area (Å²) in [6.07, 6.45) is 76.5. The number of phosphoric acid groups is 1. The summed E-state index contributed by atoms with van der Waals surface area (Å²) in [4.78, 5) is 39.9. The van der Waals surface area contributed by atoms with Gasteiger partial charge < -0.3 is 28.5 Å². The van der Waals surface area contributed by atoms with Crippen LogP contribution in [-0.4, -0.2) is 69.4 Å². The first-order valence-corrected chi connectivity index (χ1v) is 32.7. The highest BCUT2D eigenvalue weighted by Crippen LogP contribution is 2.38. The number of unbranched alkanes of at least 4 members (excludes halogenated alkanes) is 23. The monoisotopic (exact) mass is 1090 g/mol. The highest BCUT2D eigenvalue weighted by Gasteiger charge is 2.27. The molecule has 10 heteroatoms. The number of ether oxygens (including phenoxy) is 1. The fraction of sp³-hybridized carbons (Fsp3) is 0.701. The van der Waals surface area contributed by atoms with Gasteiger partial charge in [-0.1, -0.05) is 246 Å². The maximum atomic E-state index is 13.5. The van der Waals surface area contributed by atoms with Crippen molar-refractivity contribution in [3.05, 3.63) is 109 Å². The van der Waals surface area contributed by atoms with E-state index in [9.17, 15) is 19.0 Å². The predicted molar refractivity (Wildman–Crippen MR) is 330 cm³/mol. The summed E-state index contributed by atoms with van der Waals surface area (Å²) in [6, 6.07) is -0.936. The first-order chi connectivity index (χ1) is 37.4. The number of allylic oxidation sites excluding steroid dienone is 17. The van der Waals surface area contributed by atoms with Crippen LogP contribution >= 0.6 is 7.82 Å². The summed E-state index contributed by atoms with van der Waals surface area (Å²) in [6.45, 7) is 6.63. The number of carbonyl (C=O) groups excluding carboxylic acids is 2. The summed E-state index contributed by atoms with van der Waals surface area (Å²) in [5, 5.41) is 2.97. The first-order valence-electron chi connectivity index (χ1n) is 31.2. The van der Waals surface area contributed by atoms with Crippen molar-refractivity contribution in [1.29, 1.82) is 0 Å². The van der Waals surface area contributed by atoms with Crippen LogP contribution in [0.1, 0.15) is 252 Å². The van der Waals surface area contributed by atoms with Gasteiger partial charge in [0.25, 0.3) is 7.82 Å². The Morgan fingerprint density at radius 2 is 0.844 bits per heavy atom. The van der Waals surface area contributed by atoms with Gasteiger partial charge in [-0.05, 0) is 102 Å². The van der Waals surface area contributed by atoms with Crippen LogP contribution in [0.25, 0.3) is 0 Å². The molecule has 1 N–H and O–H groups in total. The van der Waals surface area contributed by atoms with Crippen LogP contribution in [0.4, 0.5) is 0 Å². The van der Waals surface area contributed by atoms with E-state index in [0.29, 0.717) is 23.9 Å². The third kappa shape index (κ3) is 57.2. The molecule has 0 saturated heterocycles. The molecule has 3 atom stereocenters. The van der Waals surface area contributed by atoms with Crippen LogP contribution < -0.4 is 10.2 Å². The molecule has 3 unspecified atom stereocenters. The van der Waals surface area contributed by atoms with Gasteiger partial charge in [0.05, 0.1) is 33.8 Å². The van der Waals surface area contributed by atoms with Gasteiger partial charge in [-0.25, -0.2) is 0 Å². The zero-order chi connectivity index (χ0) is 56.4. The second-order valence-electron chi connectivity index (χ2n) is 21.8. The van der Waals surface area contributed by atoms with Crippen molar-refractivity contribution >= 4 is 19.7 Å². The Balaban J connectivity index is 5.30. The number of likely N-dealkylation sites (N-methyl/N-ethyl adjacent to an activating group) is 1. The number of phosphoric ester groups is 1. The lowest BCUT2D eigenvalue weighted by Gasteiger charge is -2.30. The van der Waals surface area contributed by atoms with Gasteiger partial charge in [0.2, 0.25) is 5.91 Å². The number of nitrogens with zero attached hydrogens (tertiary/aromatic N) is 1. The van der Waals surface area contributed by atoms with Gasteiger partial charge in [-0.2, -0.15) is 0 Å². The number of hydrogen-bond donors (Lipinski definition) is 1. The lowest BCUT2D eigenvalue weighted by atomic mass is 10.0. The number of rotatable bonds is 55. The third-order valence-electron chi connectivity index (χ3n) is 13.2. The largest absolute Gasteiger partial charge is 0.756 e. The molecule has 1 amide bonds. The Bertz CT molecular complexity index is 1690. The highest BCUT2D eigenvalue weighted by molar-refractivity contribution is 7.45. The third-order valence-corrected chi connectivity index (χ3v) is 14.2. The summed E-state index contributed by atoms with van der Waals surface area (Å²) >= 11 is 0. The van der Waals surface area contributed by atoms with Gasteiger partial charge >= 0.3 is 5.97 Å². The smallest absolute Gasteiger partial charge is 0.306 e. The van der Waals surface area contributed by atoms with Crippen molar-refractivity contribution in [2.45, 2.75) is 264 Å². The molecular weight excluding hydrogens is 976 g/mol. The number of nitrogens with one attached hydrogen (secondary N) is 1. The molecule has 0 aromatic rings. The van der Waals surface area contributed by atoms with Crippen molar-refractivity contribution in [2.24, 2.45) is 0 Å². The molecule has 0 aliphatic carbocycles. The number of quaternary nitrogens is 1. The van der Waals surface area contributed by atoms with Crippen LogP contribution in [0, 0.1) is 0 Å². The molecule has 0 saturated carbocycles. The van der Waals surface area contributed by atoms with E-state index >= 15 is 0 Å². The summed E-state index contributed by atoms with van der Waals surface area (Å²) in [5.74, 6) is -0.647. The van der Waals surface area contributed by atoms with Crippen molar-refractivity contribution in [3.63, 3.8) is 0 Å². The van der Waals surface area contributed by atoms with E-state index in [1.54, 1.807) is 0 Å². The molecule has 0 bridgehead atoms. The summed E-state index contributed by atoms with van der Waals surface area (Å²) in [5.41, 5.74) is 0. The summed E-state index contributed by atoms with van der Waals surface area (Å²) < 4.78 is 30.2. The Morgan fingerprint density at radius 1 is 0.468 bits per heavy atom. The number of esters is 1. The number of amides is 1. The van der Waals surface area contributed by atoms with Crippen molar-refractivity contribution < 1.29 is 37.3 Å². The molecule has 0 fully saturated rings. The Labute approximate surface area is 474 Å². The topological polar surface area (TPSA) is 114 Å². The van der Waals surface area contributed by atoms with E-state index in [1.807, 2.05) is 45.4 Å². The predicted octanol–water partition coefficient (Wildman–Crippen LogP) is 18.7. The maximum Gasteiger partial charge on any atom is 0.306 e. The molecule has 77 heavy (non-hydrogen) atoms. The fourth-order valence-corrected chi connectivity index (χ4v) is 9.12. The van der Waals surface area contributed by atoms with Crippen LogP contribution in [0.3, 0.4) is 0 Å². The van der Waals surface area contributed by atoms with Gasteiger partial charge in [0.1, 0.15) is 19.3 Å². The van der Waals surface area contributed by atoms with Gasteiger partial charge in [0.15, 0.2) is 0 Å². The molecule has 0 heterocycles. The van der Waals surface area contributed by atoms with Crippen LogP contribution in [0.15, 0.2) is 109 Å². The number of hydrogen-bond acceptors (Lipinski definition) is 7. The zero-order valence-electron chi connectivity index (χ0n) is 50.4. The Hall–Kier alpha value is -3.33. The fourth-order valence-electron chi connectivity index (χ4n) is 8.40. The lowest BCUT2D eigenvalue weighted by molar-refractivity contribution is -0.870. The van der Waals surface area contributed by atoms with E-state index in [-0.39, 0.29) is 31.3 Å². The molecule has 0 aliphatic rings. The molecule has 0 rings (SSSR count). The molecule has 0 aromatic carbocycles. The molecule has 9 nitrogen and oxygen atoms in total. The molecule has 0 radical (unpaired) electrons. The molecular formula is C67H117N2O7P. The molecule has 0 aromatic heterocycles. The highest BCUT2D eigenvalue weighted by atomic mass is 31.2. The molecule has 442 valence electrons. The van der Waals surface area contributed by atoms with Crippen LogP contribution in [-0.2, 0) is 27.9 Å². The second-order valence-corrected chi connectivity index (χ2v) is 23.2. The first kappa shape index (κ1) is 73.7. The SMILES string of the molecule is CC/C=C/C/C=C/C/C=C/C/C=C/C/C=C/CCC(=O)NC(COP(=O)([O-])OCC[N+](C)(C)C)C(/C=C\CCCCCCCCCCCC)OC(=O)CCCCCCCCCCCC/C=C\C/C=C\C/C=C\CCCCC. The van der Waals surface area contributed by atoms with Crippen molar-refractivity contribution in [2.75, 3.05) is 40.9 Å². The van der Waals surface area contributed by atoms with E-state index < -0.39 is 26.6 Å². The van der Waals surface area contributed by atoms with Gasteiger partial charge in [0, 0.05) is 12.8 Å². The minimum Gasteiger partial charge on any atom is -0.756 e. The average molecular weight is 1090 g/mol. The second kappa shape index (κ2) is 56.0. The van der Waals surface area contributed by atoms with Crippen LogP contribution in [0.5, 0.6) is 0 Å². The van der Waals surface area contributed by atoms with Gasteiger partial charge in [-0.15, -0.1) is 0 Å². The van der Waals surface area contributed by atoms with Crippen molar-refractivity contribution in [1.82, 2.24) is 5.32 Å². The average Bonchev–Trinajstić information content (AvgIpc) is 3.39. The Morgan fingerprint density at radius 3 is 1.30 bits per heavy atom. The van der Waals surface area contributed by atoms with Crippen molar-refractivity contribution in [3.8, 4) is 0 Å². The van der Waals surface area contributed by atoms with E-state index in [2.05, 4.69) is 111 Å².